The highest BCUT2D eigenvalue weighted by molar-refractivity contribution is 5.94. The van der Waals surface area contributed by atoms with E-state index in [1.807, 2.05) is 6.92 Å². The van der Waals surface area contributed by atoms with Crippen LogP contribution in [-0.4, -0.2) is 48.6 Å². The number of aliphatic hydroxyl groups is 1. The van der Waals surface area contributed by atoms with Crippen molar-refractivity contribution in [3.8, 4) is 0 Å². The molecule has 1 aromatic rings. The van der Waals surface area contributed by atoms with Crippen LogP contribution in [0.4, 0.5) is 0 Å². The molecule has 0 saturated heterocycles. The van der Waals surface area contributed by atoms with Gasteiger partial charge in [-0.25, -0.2) is 0 Å². The third-order valence-electron chi connectivity index (χ3n) is 3.16. The van der Waals surface area contributed by atoms with Crippen molar-refractivity contribution >= 4 is 11.8 Å². The molecule has 0 fully saturated rings. The van der Waals surface area contributed by atoms with E-state index in [4.69, 9.17) is 9.52 Å². The number of aliphatic hydroxyl groups excluding tert-OH is 1. The molecule has 1 unspecified atom stereocenters. The zero-order valence-electron chi connectivity index (χ0n) is 12.0. The van der Waals surface area contributed by atoms with Crippen LogP contribution < -0.4 is 5.32 Å². The summed E-state index contributed by atoms with van der Waals surface area (Å²) in [5.74, 6) is -0.0709. The number of furan rings is 1. The van der Waals surface area contributed by atoms with Crippen LogP contribution in [0.2, 0.25) is 0 Å². The number of rotatable bonds is 8. The molecule has 1 heterocycles. The molecule has 0 saturated carbocycles. The third kappa shape index (κ3) is 5.05. The number of nitrogens with one attached hydrogen (secondary N) is 1. The van der Waals surface area contributed by atoms with Crippen LogP contribution in [-0.2, 0) is 4.79 Å². The summed E-state index contributed by atoms with van der Waals surface area (Å²) in [6, 6.07) is 3.19. The fourth-order valence-corrected chi connectivity index (χ4v) is 1.82. The molecule has 0 aliphatic carbocycles. The van der Waals surface area contributed by atoms with Crippen molar-refractivity contribution in [1.29, 1.82) is 0 Å². The molecule has 2 N–H and O–H groups in total. The van der Waals surface area contributed by atoms with Gasteiger partial charge < -0.3 is 19.7 Å². The predicted molar refractivity (Wildman–Crippen MR) is 74.2 cm³/mol. The second kappa shape index (κ2) is 8.37. The molecule has 0 aromatic carbocycles. The van der Waals surface area contributed by atoms with E-state index >= 15 is 0 Å². The van der Waals surface area contributed by atoms with Crippen molar-refractivity contribution in [2.45, 2.75) is 19.8 Å². The molecule has 0 bridgehead atoms. The summed E-state index contributed by atoms with van der Waals surface area (Å²) in [4.78, 5) is 24.9. The van der Waals surface area contributed by atoms with Crippen LogP contribution in [0.5, 0.6) is 0 Å². The summed E-state index contributed by atoms with van der Waals surface area (Å²) in [6.45, 7) is 2.62. The van der Waals surface area contributed by atoms with E-state index in [0.717, 1.165) is 6.42 Å². The van der Waals surface area contributed by atoms with Crippen molar-refractivity contribution in [2.24, 2.45) is 5.92 Å². The predicted octanol–water partition coefficient (Wildman–Crippen LogP) is 0.876. The van der Waals surface area contributed by atoms with Crippen LogP contribution in [0.1, 0.15) is 30.3 Å². The van der Waals surface area contributed by atoms with Crippen molar-refractivity contribution in [3.05, 3.63) is 24.2 Å². The Kier molecular flexibility index (Phi) is 6.79. The normalized spacial score (nSPS) is 11.9. The molecule has 2 amide bonds. The van der Waals surface area contributed by atoms with Crippen molar-refractivity contribution in [3.63, 3.8) is 0 Å². The molecule has 0 aliphatic rings. The van der Waals surface area contributed by atoms with Gasteiger partial charge in [-0.2, -0.15) is 0 Å². The van der Waals surface area contributed by atoms with Gasteiger partial charge in [0.2, 0.25) is 5.91 Å². The van der Waals surface area contributed by atoms with Gasteiger partial charge in [-0.3, -0.25) is 9.59 Å². The molecule has 1 atom stereocenters. The third-order valence-corrected chi connectivity index (χ3v) is 3.16. The highest BCUT2D eigenvalue weighted by Crippen LogP contribution is 2.06. The Morgan fingerprint density at radius 2 is 2.25 bits per heavy atom. The van der Waals surface area contributed by atoms with Gasteiger partial charge in [-0.05, 0) is 24.5 Å². The molecular formula is C14H22N2O4. The van der Waals surface area contributed by atoms with Gasteiger partial charge in [0.15, 0.2) is 5.76 Å². The molecule has 6 heteroatoms. The van der Waals surface area contributed by atoms with Crippen molar-refractivity contribution < 1.29 is 19.1 Å². The van der Waals surface area contributed by atoms with Crippen LogP contribution in [0.15, 0.2) is 22.8 Å². The maximum atomic E-state index is 11.9. The Morgan fingerprint density at radius 3 is 2.80 bits per heavy atom. The molecule has 0 aliphatic heterocycles. The smallest absolute Gasteiger partial charge is 0.289 e. The quantitative estimate of drug-likeness (QED) is 0.741. The van der Waals surface area contributed by atoms with E-state index < -0.39 is 0 Å². The van der Waals surface area contributed by atoms with Gasteiger partial charge in [-0.1, -0.05) is 13.3 Å². The summed E-state index contributed by atoms with van der Waals surface area (Å²) in [5, 5.41) is 11.7. The van der Waals surface area contributed by atoms with Gasteiger partial charge in [-0.15, -0.1) is 0 Å². The highest BCUT2D eigenvalue weighted by atomic mass is 16.3. The summed E-state index contributed by atoms with van der Waals surface area (Å²) < 4.78 is 4.99. The van der Waals surface area contributed by atoms with E-state index in [-0.39, 0.29) is 36.6 Å². The van der Waals surface area contributed by atoms with Crippen LogP contribution in [0.25, 0.3) is 0 Å². The van der Waals surface area contributed by atoms with Gasteiger partial charge >= 0.3 is 0 Å². The molecule has 20 heavy (non-hydrogen) atoms. The standard InChI is InChI=1S/C14H22N2O4/c1-3-11(6-7-17)9-15-13(18)10-16(2)14(19)12-5-4-8-20-12/h4-5,8,11,17H,3,6-7,9-10H2,1-2H3,(H,15,18). The number of amides is 2. The molecule has 0 radical (unpaired) electrons. The van der Waals surface area contributed by atoms with Gasteiger partial charge in [0, 0.05) is 20.2 Å². The molecule has 1 aromatic heterocycles. The average molecular weight is 282 g/mol. The number of carbonyl (C=O) groups is 2. The minimum atomic E-state index is -0.326. The first-order valence-corrected chi connectivity index (χ1v) is 6.75. The molecule has 6 nitrogen and oxygen atoms in total. The number of carbonyl (C=O) groups excluding carboxylic acids is 2. The van der Waals surface area contributed by atoms with Gasteiger partial charge in [0.05, 0.1) is 12.8 Å². The van der Waals surface area contributed by atoms with Crippen molar-refractivity contribution in [1.82, 2.24) is 10.2 Å². The largest absolute Gasteiger partial charge is 0.459 e. The van der Waals surface area contributed by atoms with E-state index in [9.17, 15) is 9.59 Å². The Balaban J connectivity index is 2.36. The zero-order chi connectivity index (χ0) is 15.0. The first kappa shape index (κ1) is 16.2. The summed E-state index contributed by atoms with van der Waals surface area (Å²) >= 11 is 0. The highest BCUT2D eigenvalue weighted by Gasteiger charge is 2.17. The first-order valence-electron chi connectivity index (χ1n) is 6.75. The zero-order valence-corrected chi connectivity index (χ0v) is 12.0. The molecular weight excluding hydrogens is 260 g/mol. The maximum absolute atomic E-state index is 11.9. The van der Waals surface area contributed by atoms with E-state index in [0.29, 0.717) is 13.0 Å². The first-order chi connectivity index (χ1) is 9.58. The topological polar surface area (TPSA) is 82.8 Å². The Morgan fingerprint density at radius 1 is 1.50 bits per heavy atom. The number of nitrogens with zero attached hydrogens (tertiary/aromatic N) is 1. The average Bonchev–Trinajstić information content (AvgIpc) is 2.96. The Labute approximate surface area is 118 Å². The number of hydrogen-bond donors (Lipinski definition) is 2. The lowest BCUT2D eigenvalue weighted by molar-refractivity contribution is -0.121. The van der Waals surface area contributed by atoms with Crippen LogP contribution in [0, 0.1) is 5.92 Å². The van der Waals surface area contributed by atoms with E-state index in [2.05, 4.69) is 5.32 Å². The fourth-order valence-electron chi connectivity index (χ4n) is 1.82. The minimum absolute atomic E-state index is 0.0188. The summed E-state index contributed by atoms with van der Waals surface area (Å²) in [6.07, 6.45) is 2.97. The van der Waals surface area contributed by atoms with Gasteiger partial charge in [0.1, 0.15) is 0 Å². The second-order valence-corrected chi connectivity index (χ2v) is 4.73. The lowest BCUT2D eigenvalue weighted by atomic mass is 10.0. The number of hydrogen-bond acceptors (Lipinski definition) is 4. The second-order valence-electron chi connectivity index (χ2n) is 4.73. The monoisotopic (exact) mass is 282 g/mol. The van der Waals surface area contributed by atoms with Crippen molar-refractivity contribution in [2.75, 3.05) is 26.7 Å². The summed E-state index contributed by atoms with van der Waals surface area (Å²) in [7, 11) is 1.55. The Bertz CT molecular complexity index is 417. The number of likely N-dealkylation sites (N-methyl/N-ethyl adjacent to an activating group) is 1. The van der Waals surface area contributed by atoms with Crippen LogP contribution in [0.3, 0.4) is 0 Å². The molecule has 0 spiro atoms. The fraction of sp³-hybridized carbons (Fsp3) is 0.571. The SMILES string of the molecule is CCC(CCO)CNC(=O)CN(C)C(=O)c1ccco1. The Hall–Kier alpha value is -1.82. The lowest BCUT2D eigenvalue weighted by Crippen LogP contribution is -2.40. The maximum Gasteiger partial charge on any atom is 0.289 e. The van der Waals surface area contributed by atoms with Crippen LogP contribution >= 0.6 is 0 Å². The molecule has 1 rings (SSSR count). The van der Waals surface area contributed by atoms with E-state index in [1.165, 1.54) is 11.2 Å². The molecule has 112 valence electrons. The summed E-state index contributed by atoms with van der Waals surface area (Å²) in [5.41, 5.74) is 0. The lowest BCUT2D eigenvalue weighted by Gasteiger charge is -2.18. The minimum Gasteiger partial charge on any atom is -0.459 e. The van der Waals surface area contributed by atoms with Gasteiger partial charge in [0.25, 0.3) is 5.91 Å². The van der Waals surface area contributed by atoms with E-state index in [1.54, 1.807) is 19.2 Å².